The van der Waals surface area contributed by atoms with E-state index in [4.69, 9.17) is 10.5 Å². The zero-order valence-corrected chi connectivity index (χ0v) is 11.2. The van der Waals surface area contributed by atoms with Crippen molar-refractivity contribution in [1.82, 2.24) is 4.98 Å². The molecule has 0 fully saturated rings. The van der Waals surface area contributed by atoms with Crippen molar-refractivity contribution in [3.8, 4) is 11.5 Å². The van der Waals surface area contributed by atoms with Crippen LogP contribution in [0, 0.1) is 18.6 Å². The third kappa shape index (κ3) is 2.50. The first-order valence-electron chi connectivity index (χ1n) is 6.33. The maximum atomic E-state index is 13.5. The Kier molecular flexibility index (Phi) is 3.17. The summed E-state index contributed by atoms with van der Waals surface area (Å²) in [6, 6.07) is 10.9. The lowest BCUT2D eigenvalue weighted by Gasteiger charge is -2.11. The fourth-order valence-corrected chi connectivity index (χ4v) is 2.06. The molecule has 0 aliphatic rings. The SMILES string of the molecule is Cc1ccc2cccc(Oc3cc(F)cc(F)c3N)c2n1. The molecular weight excluding hydrogens is 274 g/mol. The summed E-state index contributed by atoms with van der Waals surface area (Å²) in [6.45, 7) is 1.85. The Hall–Kier alpha value is -2.69. The third-order valence-corrected chi connectivity index (χ3v) is 3.10. The summed E-state index contributed by atoms with van der Waals surface area (Å²) in [6.07, 6.45) is 0. The Bertz CT molecular complexity index is 834. The second-order valence-electron chi connectivity index (χ2n) is 4.68. The Morgan fingerprint density at radius 2 is 1.86 bits per heavy atom. The predicted octanol–water partition coefficient (Wildman–Crippen LogP) is 4.20. The predicted molar refractivity (Wildman–Crippen MR) is 77.3 cm³/mol. The summed E-state index contributed by atoms with van der Waals surface area (Å²) in [4.78, 5) is 4.39. The minimum Gasteiger partial charge on any atom is -0.453 e. The van der Waals surface area contributed by atoms with Crippen LogP contribution in [0.5, 0.6) is 11.5 Å². The molecule has 21 heavy (non-hydrogen) atoms. The van der Waals surface area contributed by atoms with Crippen LogP contribution in [0.25, 0.3) is 10.9 Å². The van der Waals surface area contributed by atoms with Gasteiger partial charge in [-0.15, -0.1) is 0 Å². The summed E-state index contributed by atoms with van der Waals surface area (Å²) >= 11 is 0. The number of nitrogen functional groups attached to an aromatic ring is 1. The number of fused-ring (bicyclic) bond motifs is 1. The maximum absolute atomic E-state index is 13.5. The number of benzene rings is 2. The van der Waals surface area contributed by atoms with E-state index < -0.39 is 11.6 Å². The van der Waals surface area contributed by atoms with E-state index in [9.17, 15) is 8.78 Å². The van der Waals surface area contributed by atoms with Crippen LogP contribution in [-0.4, -0.2) is 4.98 Å². The van der Waals surface area contributed by atoms with E-state index in [1.807, 2.05) is 25.1 Å². The monoisotopic (exact) mass is 286 g/mol. The van der Waals surface area contributed by atoms with Gasteiger partial charge in [-0.3, -0.25) is 0 Å². The van der Waals surface area contributed by atoms with Gasteiger partial charge in [0.1, 0.15) is 17.0 Å². The van der Waals surface area contributed by atoms with Crippen molar-refractivity contribution in [1.29, 1.82) is 0 Å². The first-order valence-corrected chi connectivity index (χ1v) is 6.33. The zero-order valence-electron chi connectivity index (χ0n) is 11.2. The fraction of sp³-hybridized carbons (Fsp3) is 0.0625. The molecule has 5 heteroatoms. The van der Waals surface area contributed by atoms with Gasteiger partial charge >= 0.3 is 0 Å². The van der Waals surface area contributed by atoms with Gasteiger partial charge in [-0.1, -0.05) is 18.2 Å². The molecule has 1 heterocycles. The first kappa shape index (κ1) is 13.3. The number of para-hydroxylation sites is 1. The number of ether oxygens (including phenoxy) is 1. The molecule has 0 aliphatic heterocycles. The summed E-state index contributed by atoms with van der Waals surface area (Å²) in [5.74, 6) is -1.27. The second kappa shape index (κ2) is 5.01. The lowest BCUT2D eigenvalue weighted by Crippen LogP contribution is -1.98. The van der Waals surface area contributed by atoms with Gasteiger partial charge in [-0.05, 0) is 19.1 Å². The summed E-state index contributed by atoms with van der Waals surface area (Å²) in [5.41, 5.74) is 6.78. The first-order chi connectivity index (χ1) is 10.0. The van der Waals surface area contributed by atoms with Gasteiger partial charge in [-0.25, -0.2) is 13.8 Å². The van der Waals surface area contributed by atoms with Crippen molar-refractivity contribution in [3.05, 3.63) is 59.8 Å². The molecule has 3 nitrogen and oxygen atoms in total. The molecule has 0 radical (unpaired) electrons. The molecule has 0 spiro atoms. The largest absolute Gasteiger partial charge is 0.453 e. The quantitative estimate of drug-likeness (QED) is 0.718. The van der Waals surface area contributed by atoms with Crippen molar-refractivity contribution in [2.45, 2.75) is 6.92 Å². The normalized spacial score (nSPS) is 10.8. The minimum absolute atomic E-state index is 0.0664. The number of halogens is 2. The van der Waals surface area contributed by atoms with E-state index in [0.29, 0.717) is 17.3 Å². The van der Waals surface area contributed by atoms with Crippen LogP contribution in [-0.2, 0) is 0 Å². The summed E-state index contributed by atoms with van der Waals surface area (Å²) in [5, 5.41) is 0.869. The van der Waals surface area contributed by atoms with E-state index in [1.54, 1.807) is 12.1 Å². The number of aryl methyl sites for hydroxylation is 1. The van der Waals surface area contributed by atoms with Crippen LogP contribution in [0.4, 0.5) is 14.5 Å². The van der Waals surface area contributed by atoms with Crippen molar-refractivity contribution < 1.29 is 13.5 Å². The molecule has 0 atom stereocenters. The van der Waals surface area contributed by atoms with Gasteiger partial charge < -0.3 is 10.5 Å². The standard InChI is InChI=1S/C16H12F2N2O/c1-9-5-6-10-3-2-4-13(16(10)20-9)21-14-8-11(17)7-12(18)15(14)19/h2-8H,19H2,1H3. The second-order valence-corrected chi connectivity index (χ2v) is 4.68. The van der Waals surface area contributed by atoms with E-state index >= 15 is 0 Å². The highest BCUT2D eigenvalue weighted by Crippen LogP contribution is 2.33. The van der Waals surface area contributed by atoms with Gasteiger partial charge in [0, 0.05) is 23.2 Å². The number of rotatable bonds is 2. The molecule has 3 aromatic rings. The van der Waals surface area contributed by atoms with E-state index in [1.165, 1.54) is 0 Å². The fourth-order valence-electron chi connectivity index (χ4n) is 2.06. The van der Waals surface area contributed by atoms with Crippen LogP contribution in [0.2, 0.25) is 0 Å². The Labute approximate surface area is 120 Å². The highest BCUT2D eigenvalue weighted by Gasteiger charge is 2.12. The maximum Gasteiger partial charge on any atom is 0.156 e. The average Bonchev–Trinajstić information content (AvgIpc) is 2.45. The molecule has 0 amide bonds. The lowest BCUT2D eigenvalue weighted by atomic mass is 10.2. The molecule has 0 saturated heterocycles. The van der Waals surface area contributed by atoms with Crippen molar-refractivity contribution in [2.24, 2.45) is 0 Å². The number of hydrogen-bond acceptors (Lipinski definition) is 3. The summed E-state index contributed by atoms with van der Waals surface area (Å²) < 4.78 is 32.3. The summed E-state index contributed by atoms with van der Waals surface area (Å²) in [7, 11) is 0. The molecule has 2 aromatic carbocycles. The van der Waals surface area contributed by atoms with Gasteiger partial charge in [-0.2, -0.15) is 0 Å². The number of pyridine rings is 1. The molecule has 106 valence electrons. The van der Waals surface area contributed by atoms with Crippen LogP contribution in [0.15, 0.2) is 42.5 Å². The molecule has 0 aliphatic carbocycles. The zero-order chi connectivity index (χ0) is 15.0. The van der Waals surface area contributed by atoms with Crippen LogP contribution < -0.4 is 10.5 Å². The molecular formula is C16H12F2N2O. The highest BCUT2D eigenvalue weighted by molar-refractivity contribution is 5.85. The van der Waals surface area contributed by atoms with Crippen molar-refractivity contribution >= 4 is 16.6 Å². The Morgan fingerprint density at radius 1 is 1.05 bits per heavy atom. The molecule has 1 aromatic heterocycles. The number of anilines is 1. The number of nitrogens with two attached hydrogens (primary N) is 1. The van der Waals surface area contributed by atoms with Gasteiger partial charge in [0.25, 0.3) is 0 Å². The van der Waals surface area contributed by atoms with E-state index in [-0.39, 0.29) is 11.4 Å². The average molecular weight is 286 g/mol. The molecule has 2 N–H and O–H groups in total. The number of nitrogens with zero attached hydrogens (tertiary/aromatic N) is 1. The van der Waals surface area contributed by atoms with Crippen molar-refractivity contribution in [2.75, 3.05) is 5.73 Å². The number of aromatic nitrogens is 1. The topological polar surface area (TPSA) is 48.1 Å². The molecule has 0 unspecified atom stereocenters. The van der Waals surface area contributed by atoms with Gasteiger partial charge in [0.2, 0.25) is 0 Å². The molecule has 0 saturated carbocycles. The minimum atomic E-state index is -0.852. The number of hydrogen-bond donors (Lipinski definition) is 1. The lowest BCUT2D eigenvalue weighted by molar-refractivity contribution is 0.476. The van der Waals surface area contributed by atoms with Crippen LogP contribution in [0.3, 0.4) is 0 Å². The smallest absolute Gasteiger partial charge is 0.156 e. The van der Waals surface area contributed by atoms with E-state index in [2.05, 4.69) is 4.98 Å². The Balaban J connectivity index is 2.12. The van der Waals surface area contributed by atoms with Gasteiger partial charge in [0.05, 0.1) is 0 Å². The Morgan fingerprint density at radius 3 is 2.67 bits per heavy atom. The van der Waals surface area contributed by atoms with Gasteiger partial charge in [0.15, 0.2) is 17.3 Å². The third-order valence-electron chi connectivity index (χ3n) is 3.10. The van der Waals surface area contributed by atoms with Crippen LogP contribution in [0.1, 0.15) is 5.69 Å². The van der Waals surface area contributed by atoms with E-state index in [0.717, 1.165) is 17.1 Å². The molecule has 0 bridgehead atoms. The van der Waals surface area contributed by atoms with Crippen LogP contribution >= 0.6 is 0 Å². The highest BCUT2D eigenvalue weighted by atomic mass is 19.1. The van der Waals surface area contributed by atoms with Crippen molar-refractivity contribution in [3.63, 3.8) is 0 Å². The molecule has 3 rings (SSSR count).